The summed E-state index contributed by atoms with van der Waals surface area (Å²) in [5.41, 5.74) is 10.1. The van der Waals surface area contributed by atoms with Gasteiger partial charge in [0.25, 0.3) is 0 Å². The molecule has 0 bridgehead atoms. The molecule has 3 N–H and O–H groups in total. The Morgan fingerprint density at radius 2 is 2.04 bits per heavy atom. The second-order valence-corrected chi connectivity index (χ2v) is 7.23. The van der Waals surface area contributed by atoms with Crippen LogP contribution < -0.4 is 11.1 Å². The zero-order valence-electron chi connectivity index (χ0n) is 14.2. The van der Waals surface area contributed by atoms with E-state index in [-0.39, 0.29) is 17.4 Å². The Morgan fingerprint density at radius 3 is 2.70 bits per heavy atom. The standard InChI is InChI=1S/C19H26N2O2/c1-12(2)19(3,11-20)21-18(22)9-15-10-23-17-8-14-6-4-5-13(14)7-16(15)17/h7-8,10,12H,4-6,9,11,20H2,1-3H3,(H,21,22). The maximum absolute atomic E-state index is 12.5. The van der Waals surface area contributed by atoms with Crippen molar-refractivity contribution in [1.29, 1.82) is 0 Å². The van der Waals surface area contributed by atoms with E-state index in [4.69, 9.17) is 10.2 Å². The molecule has 2 aromatic rings. The van der Waals surface area contributed by atoms with Crippen LogP contribution >= 0.6 is 0 Å². The zero-order chi connectivity index (χ0) is 16.6. The zero-order valence-corrected chi connectivity index (χ0v) is 14.2. The summed E-state index contributed by atoms with van der Waals surface area (Å²) >= 11 is 0. The molecule has 1 atom stereocenters. The Hall–Kier alpha value is -1.81. The van der Waals surface area contributed by atoms with Gasteiger partial charge in [-0.1, -0.05) is 13.8 Å². The van der Waals surface area contributed by atoms with Gasteiger partial charge in [-0.3, -0.25) is 4.79 Å². The van der Waals surface area contributed by atoms with Gasteiger partial charge in [0.15, 0.2) is 0 Å². The van der Waals surface area contributed by atoms with Crippen LogP contribution in [0.3, 0.4) is 0 Å². The molecule has 0 saturated carbocycles. The summed E-state index contributed by atoms with van der Waals surface area (Å²) in [6.45, 7) is 6.57. The quantitative estimate of drug-likeness (QED) is 0.891. The molecule has 1 aliphatic carbocycles. The van der Waals surface area contributed by atoms with E-state index < -0.39 is 0 Å². The van der Waals surface area contributed by atoms with Crippen molar-refractivity contribution >= 4 is 16.9 Å². The fraction of sp³-hybridized carbons (Fsp3) is 0.526. The largest absolute Gasteiger partial charge is 0.464 e. The highest BCUT2D eigenvalue weighted by Gasteiger charge is 2.28. The number of rotatable bonds is 5. The molecule has 0 fully saturated rings. The highest BCUT2D eigenvalue weighted by Crippen LogP contribution is 2.30. The number of carbonyl (C=O) groups is 1. The van der Waals surface area contributed by atoms with Gasteiger partial charge in [-0.25, -0.2) is 0 Å². The van der Waals surface area contributed by atoms with Crippen LogP contribution in [0.5, 0.6) is 0 Å². The number of benzene rings is 1. The first-order valence-corrected chi connectivity index (χ1v) is 8.46. The lowest BCUT2D eigenvalue weighted by Gasteiger charge is -2.33. The molecule has 4 nitrogen and oxygen atoms in total. The summed E-state index contributed by atoms with van der Waals surface area (Å²) in [7, 11) is 0. The van der Waals surface area contributed by atoms with Gasteiger partial charge in [0.05, 0.1) is 18.2 Å². The Labute approximate surface area is 137 Å². The fourth-order valence-electron chi connectivity index (χ4n) is 3.25. The molecule has 0 radical (unpaired) electrons. The molecule has 0 aliphatic heterocycles. The van der Waals surface area contributed by atoms with Gasteiger partial charge in [-0.15, -0.1) is 0 Å². The van der Waals surface area contributed by atoms with Crippen LogP contribution in [-0.4, -0.2) is 18.0 Å². The SMILES string of the molecule is CC(C)C(C)(CN)NC(=O)Cc1coc2cc3c(cc12)CCC3. The van der Waals surface area contributed by atoms with Crippen LogP contribution in [0.2, 0.25) is 0 Å². The average Bonchev–Trinajstić information content (AvgIpc) is 3.11. The van der Waals surface area contributed by atoms with Crippen LogP contribution in [0.1, 0.15) is 43.9 Å². The molecule has 1 aliphatic rings. The molecule has 4 heteroatoms. The Balaban J connectivity index is 1.80. The van der Waals surface area contributed by atoms with Gasteiger partial charge >= 0.3 is 0 Å². The summed E-state index contributed by atoms with van der Waals surface area (Å²) in [4.78, 5) is 12.5. The predicted octanol–water partition coefficient (Wildman–Crippen LogP) is 2.95. The van der Waals surface area contributed by atoms with E-state index in [9.17, 15) is 4.79 Å². The van der Waals surface area contributed by atoms with E-state index in [0.29, 0.717) is 13.0 Å². The number of hydrogen-bond acceptors (Lipinski definition) is 3. The van der Waals surface area contributed by atoms with Crippen LogP contribution in [-0.2, 0) is 24.1 Å². The third kappa shape index (κ3) is 3.00. The maximum atomic E-state index is 12.5. The van der Waals surface area contributed by atoms with Gasteiger partial charge in [0.1, 0.15) is 5.58 Å². The maximum Gasteiger partial charge on any atom is 0.225 e. The number of amides is 1. The highest BCUT2D eigenvalue weighted by atomic mass is 16.3. The third-order valence-electron chi connectivity index (χ3n) is 5.34. The molecule has 1 aromatic heterocycles. The van der Waals surface area contributed by atoms with Crippen molar-refractivity contribution in [3.8, 4) is 0 Å². The second kappa shape index (κ2) is 6.00. The first kappa shape index (κ1) is 16.1. The van der Waals surface area contributed by atoms with Gasteiger partial charge < -0.3 is 15.5 Å². The lowest BCUT2D eigenvalue weighted by Crippen LogP contribution is -2.55. The summed E-state index contributed by atoms with van der Waals surface area (Å²) in [6.07, 6.45) is 5.51. The van der Waals surface area contributed by atoms with Gasteiger partial charge in [-0.2, -0.15) is 0 Å². The third-order valence-corrected chi connectivity index (χ3v) is 5.34. The molecule has 3 rings (SSSR count). The Morgan fingerprint density at radius 1 is 1.35 bits per heavy atom. The van der Waals surface area contributed by atoms with E-state index in [1.807, 2.05) is 6.92 Å². The monoisotopic (exact) mass is 314 g/mol. The predicted molar refractivity (Wildman–Crippen MR) is 92.4 cm³/mol. The van der Waals surface area contributed by atoms with E-state index in [0.717, 1.165) is 29.4 Å². The number of carbonyl (C=O) groups excluding carboxylic acids is 1. The Kier molecular flexibility index (Phi) is 4.19. The molecule has 1 aromatic carbocycles. The van der Waals surface area contributed by atoms with Gasteiger partial charge in [-0.05, 0) is 55.4 Å². The number of nitrogens with one attached hydrogen (secondary N) is 1. The normalized spacial score (nSPS) is 16.6. The number of hydrogen-bond donors (Lipinski definition) is 2. The van der Waals surface area contributed by atoms with Crippen LogP contribution in [0.15, 0.2) is 22.8 Å². The minimum atomic E-state index is -0.377. The molecule has 1 amide bonds. The Bertz CT molecular complexity index is 732. The fourth-order valence-corrected chi connectivity index (χ4v) is 3.25. The van der Waals surface area contributed by atoms with E-state index in [2.05, 4.69) is 31.3 Å². The van der Waals surface area contributed by atoms with Gasteiger partial charge in [0, 0.05) is 17.5 Å². The molecule has 1 heterocycles. The van der Waals surface area contributed by atoms with Crippen molar-refractivity contribution in [1.82, 2.24) is 5.32 Å². The van der Waals surface area contributed by atoms with Crippen molar-refractivity contribution in [3.05, 3.63) is 35.1 Å². The first-order valence-electron chi connectivity index (χ1n) is 8.46. The van der Waals surface area contributed by atoms with E-state index >= 15 is 0 Å². The van der Waals surface area contributed by atoms with E-state index in [1.165, 1.54) is 17.5 Å². The average molecular weight is 314 g/mol. The van der Waals surface area contributed by atoms with Crippen molar-refractivity contribution in [2.45, 2.75) is 52.0 Å². The molecule has 124 valence electrons. The van der Waals surface area contributed by atoms with E-state index in [1.54, 1.807) is 6.26 Å². The molecule has 0 saturated heterocycles. The van der Waals surface area contributed by atoms with Crippen molar-refractivity contribution in [2.75, 3.05) is 6.54 Å². The summed E-state index contributed by atoms with van der Waals surface area (Å²) in [5, 5.41) is 4.16. The number of nitrogens with two attached hydrogens (primary N) is 1. The molecular formula is C19H26N2O2. The van der Waals surface area contributed by atoms with Crippen LogP contribution in [0.25, 0.3) is 11.0 Å². The molecule has 1 unspecified atom stereocenters. The minimum Gasteiger partial charge on any atom is -0.464 e. The topological polar surface area (TPSA) is 68.3 Å². The number of furan rings is 1. The number of fused-ring (bicyclic) bond motifs is 2. The first-order chi connectivity index (χ1) is 10.9. The summed E-state index contributed by atoms with van der Waals surface area (Å²) in [6, 6.07) is 4.34. The molecular weight excluding hydrogens is 288 g/mol. The number of aryl methyl sites for hydroxylation is 2. The van der Waals surface area contributed by atoms with Crippen molar-refractivity contribution in [2.24, 2.45) is 11.7 Å². The molecule has 23 heavy (non-hydrogen) atoms. The lowest BCUT2D eigenvalue weighted by atomic mass is 9.88. The van der Waals surface area contributed by atoms with Gasteiger partial charge in [0.2, 0.25) is 5.91 Å². The van der Waals surface area contributed by atoms with Crippen LogP contribution in [0, 0.1) is 5.92 Å². The molecule has 0 spiro atoms. The smallest absolute Gasteiger partial charge is 0.225 e. The van der Waals surface area contributed by atoms with Crippen molar-refractivity contribution in [3.63, 3.8) is 0 Å². The summed E-state index contributed by atoms with van der Waals surface area (Å²) in [5.74, 6) is 0.274. The second-order valence-electron chi connectivity index (χ2n) is 7.23. The summed E-state index contributed by atoms with van der Waals surface area (Å²) < 4.78 is 5.67. The van der Waals surface area contributed by atoms with Crippen molar-refractivity contribution < 1.29 is 9.21 Å². The highest BCUT2D eigenvalue weighted by molar-refractivity contribution is 5.89. The lowest BCUT2D eigenvalue weighted by molar-refractivity contribution is -0.122. The van der Waals surface area contributed by atoms with Crippen LogP contribution in [0.4, 0.5) is 0 Å². The minimum absolute atomic E-state index is 0.00477.